The van der Waals surface area contributed by atoms with E-state index >= 15 is 0 Å². The van der Waals surface area contributed by atoms with Crippen molar-refractivity contribution in [2.24, 2.45) is 0 Å². The molecule has 1 heterocycles. The van der Waals surface area contributed by atoms with E-state index in [1.807, 2.05) is 18.3 Å². The fourth-order valence-corrected chi connectivity index (χ4v) is 3.61. The summed E-state index contributed by atoms with van der Waals surface area (Å²) in [5.74, 6) is 0. The maximum absolute atomic E-state index is 5.50. The normalized spacial score (nSPS) is 13.2. The van der Waals surface area contributed by atoms with Crippen LogP contribution >= 0.6 is 11.3 Å². The van der Waals surface area contributed by atoms with Gasteiger partial charge in [-0.1, -0.05) is 24.3 Å². The molecule has 0 saturated carbocycles. The number of benzene rings is 1. The van der Waals surface area contributed by atoms with Gasteiger partial charge in [-0.25, -0.2) is 0 Å². The molecule has 0 N–H and O–H groups in total. The van der Waals surface area contributed by atoms with Crippen LogP contribution in [0.15, 0.2) is 30.3 Å². The summed E-state index contributed by atoms with van der Waals surface area (Å²) in [6.45, 7) is 3.60. The van der Waals surface area contributed by atoms with Gasteiger partial charge in [-0.3, -0.25) is 0 Å². The van der Waals surface area contributed by atoms with Gasteiger partial charge in [0, 0.05) is 16.4 Å². The zero-order chi connectivity index (χ0) is 11.7. The van der Waals surface area contributed by atoms with E-state index in [0.717, 1.165) is 13.2 Å². The Morgan fingerprint density at radius 1 is 1.18 bits per heavy atom. The molecule has 17 heavy (non-hydrogen) atoms. The van der Waals surface area contributed by atoms with Gasteiger partial charge in [-0.15, -0.1) is 11.3 Å². The quantitative estimate of drug-likeness (QED) is 0.791. The van der Waals surface area contributed by atoms with Crippen LogP contribution in [-0.2, 0) is 24.2 Å². The summed E-state index contributed by atoms with van der Waals surface area (Å²) < 4.78 is 5.50. The molecule has 0 amide bonds. The molecule has 3 rings (SSSR count). The summed E-state index contributed by atoms with van der Waals surface area (Å²) in [5.41, 5.74) is 4.43. The number of hydrogen-bond acceptors (Lipinski definition) is 2. The molecule has 2 heteroatoms. The van der Waals surface area contributed by atoms with E-state index in [9.17, 15) is 0 Å². The maximum atomic E-state index is 5.50. The molecule has 88 valence electrons. The molecular formula is C15H16OS. The van der Waals surface area contributed by atoms with Crippen molar-refractivity contribution in [1.82, 2.24) is 0 Å². The second kappa shape index (κ2) is 4.63. The van der Waals surface area contributed by atoms with Gasteiger partial charge < -0.3 is 4.74 Å². The van der Waals surface area contributed by atoms with Crippen LogP contribution in [-0.4, -0.2) is 6.61 Å². The van der Waals surface area contributed by atoms with Gasteiger partial charge in [-0.05, 0) is 42.5 Å². The molecule has 1 aliphatic rings. The summed E-state index contributed by atoms with van der Waals surface area (Å²) in [6.07, 6.45) is 2.35. The van der Waals surface area contributed by atoms with E-state index in [2.05, 4.69) is 30.3 Å². The van der Waals surface area contributed by atoms with E-state index in [1.54, 1.807) is 0 Å². The third-order valence-corrected chi connectivity index (χ3v) is 4.42. The lowest BCUT2D eigenvalue weighted by Gasteiger charge is -2.15. The molecule has 0 spiro atoms. The Bertz CT molecular complexity index is 527. The molecule has 2 aromatic rings. The van der Waals surface area contributed by atoms with Crippen LogP contribution in [0.4, 0.5) is 0 Å². The van der Waals surface area contributed by atoms with E-state index < -0.39 is 0 Å². The number of rotatable bonds is 3. The monoisotopic (exact) mass is 244 g/mol. The molecule has 0 unspecified atom stereocenters. The summed E-state index contributed by atoms with van der Waals surface area (Å²) in [4.78, 5) is 2.81. The van der Waals surface area contributed by atoms with E-state index in [1.165, 1.54) is 39.3 Å². The minimum atomic E-state index is 0.760. The molecule has 0 aliphatic heterocycles. The largest absolute Gasteiger partial charge is 0.376 e. The summed E-state index contributed by atoms with van der Waals surface area (Å²) in [5, 5.41) is 0. The van der Waals surface area contributed by atoms with Crippen molar-refractivity contribution in [3.05, 3.63) is 46.3 Å². The molecule has 0 fully saturated rings. The van der Waals surface area contributed by atoms with Crippen molar-refractivity contribution < 1.29 is 4.74 Å². The van der Waals surface area contributed by atoms with Gasteiger partial charge in [0.2, 0.25) is 0 Å². The average molecular weight is 244 g/mol. The van der Waals surface area contributed by atoms with E-state index in [4.69, 9.17) is 4.74 Å². The van der Waals surface area contributed by atoms with Gasteiger partial charge in [0.25, 0.3) is 0 Å². The smallest absolute Gasteiger partial charge is 0.0809 e. The molecule has 1 nitrogen and oxygen atoms in total. The zero-order valence-corrected chi connectivity index (χ0v) is 10.8. The molecule has 0 saturated heterocycles. The van der Waals surface area contributed by atoms with Crippen molar-refractivity contribution >= 4 is 11.3 Å². The lowest BCUT2D eigenvalue weighted by atomic mass is 9.91. The van der Waals surface area contributed by atoms with Gasteiger partial charge >= 0.3 is 0 Å². The van der Waals surface area contributed by atoms with Crippen LogP contribution in [0.2, 0.25) is 0 Å². The van der Waals surface area contributed by atoms with Crippen molar-refractivity contribution in [3.63, 3.8) is 0 Å². The first-order valence-electron chi connectivity index (χ1n) is 6.16. The van der Waals surface area contributed by atoms with Gasteiger partial charge in [0.15, 0.2) is 0 Å². The molecule has 1 aliphatic carbocycles. The third-order valence-electron chi connectivity index (χ3n) is 3.23. The van der Waals surface area contributed by atoms with Crippen LogP contribution in [0.5, 0.6) is 0 Å². The van der Waals surface area contributed by atoms with Gasteiger partial charge in [0.05, 0.1) is 6.61 Å². The maximum Gasteiger partial charge on any atom is 0.0809 e. The summed E-state index contributed by atoms with van der Waals surface area (Å²) in [7, 11) is 0. The predicted molar refractivity (Wildman–Crippen MR) is 72.5 cm³/mol. The SMILES string of the molecule is CCOCc1cc2c(s1)-c1ccccc1CC2. The number of fused-ring (bicyclic) bond motifs is 3. The highest BCUT2D eigenvalue weighted by atomic mass is 32.1. The molecule has 0 atom stereocenters. The lowest BCUT2D eigenvalue weighted by molar-refractivity contribution is 0.136. The van der Waals surface area contributed by atoms with Gasteiger partial charge in [0.1, 0.15) is 0 Å². The summed E-state index contributed by atoms with van der Waals surface area (Å²) in [6, 6.07) is 11.1. The van der Waals surface area contributed by atoms with Crippen LogP contribution in [0, 0.1) is 0 Å². The van der Waals surface area contributed by atoms with Crippen molar-refractivity contribution in [2.45, 2.75) is 26.4 Å². The Morgan fingerprint density at radius 2 is 2.00 bits per heavy atom. The topological polar surface area (TPSA) is 9.23 Å². The highest BCUT2D eigenvalue weighted by Crippen LogP contribution is 2.39. The van der Waals surface area contributed by atoms with E-state index in [-0.39, 0.29) is 0 Å². The van der Waals surface area contributed by atoms with Crippen molar-refractivity contribution in [1.29, 1.82) is 0 Å². The number of aryl methyl sites for hydroxylation is 2. The Balaban J connectivity index is 1.98. The van der Waals surface area contributed by atoms with Crippen molar-refractivity contribution in [3.8, 4) is 10.4 Å². The molecule has 1 aromatic carbocycles. The standard InChI is InChI=1S/C15H16OS/c1-2-16-10-13-9-12-8-7-11-5-3-4-6-14(11)15(12)17-13/h3-6,9H,2,7-8,10H2,1H3. The van der Waals surface area contributed by atoms with E-state index in [0.29, 0.717) is 0 Å². The van der Waals surface area contributed by atoms with Crippen molar-refractivity contribution in [2.75, 3.05) is 6.61 Å². The summed E-state index contributed by atoms with van der Waals surface area (Å²) >= 11 is 1.89. The lowest BCUT2D eigenvalue weighted by Crippen LogP contribution is -2.00. The highest BCUT2D eigenvalue weighted by Gasteiger charge is 2.18. The highest BCUT2D eigenvalue weighted by molar-refractivity contribution is 7.15. The Morgan fingerprint density at radius 3 is 2.88 bits per heavy atom. The number of ether oxygens (including phenoxy) is 1. The predicted octanol–water partition coefficient (Wildman–Crippen LogP) is 4.05. The van der Waals surface area contributed by atoms with Crippen LogP contribution in [0.1, 0.15) is 22.9 Å². The minimum absolute atomic E-state index is 0.760. The molecular weight excluding hydrogens is 228 g/mol. The minimum Gasteiger partial charge on any atom is -0.376 e. The fraction of sp³-hybridized carbons (Fsp3) is 0.333. The second-order valence-electron chi connectivity index (χ2n) is 4.36. The Labute approximate surface area is 106 Å². The average Bonchev–Trinajstić information content (AvgIpc) is 2.79. The first kappa shape index (κ1) is 11.0. The first-order valence-corrected chi connectivity index (χ1v) is 6.97. The number of hydrogen-bond donors (Lipinski definition) is 0. The number of thiophene rings is 1. The second-order valence-corrected chi connectivity index (χ2v) is 5.50. The Kier molecular flexibility index (Phi) is 3.00. The first-order chi connectivity index (χ1) is 8.38. The molecule has 0 radical (unpaired) electrons. The molecule has 0 bridgehead atoms. The Hall–Kier alpha value is -1.12. The van der Waals surface area contributed by atoms with Crippen LogP contribution in [0.3, 0.4) is 0 Å². The van der Waals surface area contributed by atoms with Gasteiger partial charge in [-0.2, -0.15) is 0 Å². The molecule has 1 aromatic heterocycles. The fourth-order valence-electron chi connectivity index (χ4n) is 2.40. The third kappa shape index (κ3) is 2.03. The van der Waals surface area contributed by atoms with Crippen LogP contribution < -0.4 is 0 Å². The van der Waals surface area contributed by atoms with Crippen LogP contribution in [0.25, 0.3) is 10.4 Å². The zero-order valence-electron chi connectivity index (χ0n) is 10.0.